The van der Waals surface area contributed by atoms with Gasteiger partial charge in [-0.2, -0.15) is 10.4 Å². The van der Waals surface area contributed by atoms with E-state index in [1.165, 1.54) is 23.7 Å². The highest BCUT2D eigenvalue weighted by molar-refractivity contribution is 9.10. The summed E-state index contributed by atoms with van der Waals surface area (Å²) in [6.45, 7) is 0. The summed E-state index contributed by atoms with van der Waals surface area (Å²) in [5.41, 5.74) is 0.348. The summed E-state index contributed by atoms with van der Waals surface area (Å²) in [7, 11) is 4.42. The second kappa shape index (κ2) is 4.31. The molecule has 0 saturated carbocycles. The molecule has 1 aromatic heterocycles. The molecule has 1 heterocycles. The lowest BCUT2D eigenvalue weighted by Gasteiger charge is -2.12. The second-order valence-electron chi connectivity index (χ2n) is 2.75. The number of hydrogen-bond donors (Lipinski definition) is 0. The molecule has 0 aliphatic heterocycles. The SMILES string of the molecule is COC(=O)N(C)c1nn(C)c(C#N)c1Br. The molecule has 0 radical (unpaired) electrons. The van der Waals surface area contributed by atoms with Gasteiger partial charge in [0.05, 0.1) is 11.6 Å². The molecule has 1 amide bonds. The average Bonchev–Trinajstić information content (AvgIpc) is 2.51. The Morgan fingerprint density at radius 2 is 2.33 bits per heavy atom. The first-order valence-electron chi connectivity index (χ1n) is 3.97. The number of anilines is 1. The zero-order valence-corrected chi connectivity index (χ0v) is 10.1. The van der Waals surface area contributed by atoms with Gasteiger partial charge in [-0.1, -0.05) is 0 Å². The van der Waals surface area contributed by atoms with E-state index in [1.54, 1.807) is 7.05 Å². The third-order valence-electron chi connectivity index (χ3n) is 1.84. The maximum Gasteiger partial charge on any atom is 0.415 e. The first-order chi connectivity index (χ1) is 7.02. The minimum Gasteiger partial charge on any atom is -0.452 e. The Morgan fingerprint density at radius 1 is 1.73 bits per heavy atom. The van der Waals surface area contributed by atoms with Gasteiger partial charge in [-0.3, -0.25) is 9.58 Å². The van der Waals surface area contributed by atoms with Gasteiger partial charge in [0, 0.05) is 14.1 Å². The predicted molar refractivity (Wildman–Crippen MR) is 56.4 cm³/mol. The molecule has 0 unspecified atom stereocenters. The molecule has 80 valence electrons. The van der Waals surface area contributed by atoms with Crippen LogP contribution in [0, 0.1) is 11.3 Å². The van der Waals surface area contributed by atoms with Gasteiger partial charge >= 0.3 is 6.09 Å². The highest BCUT2D eigenvalue weighted by Crippen LogP contribution is 2.27. The Hall–Kier alpha value is -1.55. The molecule has 1 rings (SSSR count). The topological polar surface area (TPSA) is 71.2 Å². The fraction of sp³-hybridized carbons (Fsp3) is 0.375. The van der Waals surface area contributed by atoms with Gasteiger partial charge in [-0.05, 0) is 15.9 Å². The minimum absolute atomic E-state index is 0.348. The first-order valence-corrected chi connectivity index (χ1v) is 4.76. The highest BCUT2D eigenvalue weighted by atomic mass is 79.9. The number of halogens is 1. The second-order valence-corrected chi connectivity index (χ2v) is 3.54. The average molecular weight is 273 g/mol. The largest absolute Gasteiger partial charge is 0.452 e. The molecular weight excluding hydrogens is 264 g/mol. The molecule has 0 aliphatic carbocycles. The molecule has 0 bridgehead atoms. The van der Waals surface area contributed by atoms with E-state index >= 15 is 0 Å². The summed E-state index contributed by atoms with van der Waals surface area (Å²) < 4.78 is 6.40. The van der Waals surface area contributed by atoms with Crippen LogP contribution in [0.1, 0.15) is 5.69 Å². The number of methoxy groups -OCH3 is 1. The van der Waals surface area contributed by atoms with Crippen molar-refractivity contribution in [3.05, 3.63) is 10.2 Å². The fourth-order valence-electron chi connectivity index (χ4n) is 1.04. The van der Waals surface area contributed by atoms with Crippen molar-refractivity contribution in [3.8, 4) is 6.07 Å². The molecule has 1 aromatic rings. The van der Waals surface area contributed by atoms with Crippen molar-refractivity contribution >= 4 is 27.8 Å². The lowest BCUT2D eigenvalue weighted by Crippen LogP contribution is -2.26. The smallest absolute Gasteiger partial charge is 0.415 e. The van der Waals surface area contributed by atoms with E-state index in [-0.39, 0.29) is 0 Å². The van der Waals surface area contributed by atoms with E-state index in [2.05, 4.69) is 25.8 Å². The van der Waals surface area contributed by atoms with Gasteiger partial charge in [0.15, 0.2) is 11.5 Å². The van der Waals surface area contributed by atoms with Crippen molar-refractivity contribution in [2.24, 2.45) is 7.05 Å². The van der Waals surface area contributed by atoms with Gasteiger partial charge < -0.3 is 4.74 Å². The number of carbonyl (C=O) groups is 1. The molecule has 7 heteroatoms. The summed E-state index contributed by atoms with van der Waals surface area (Å²) in [5.74, 6) is 0.348. The summed E-state index contributed by atoms with van der Waals surface area (Å²) in [4.78, 5) is 12.4. The van der Waals surface area contributed by atoms with Crippen molar-refractivity contribution in [2.45, 2.75) is 0 Å². The van der Waals surface area contributed by atoms with Crippen LogP contribution in [0.15, 0.2) is 4.47 Å². The molecular formula is C8H9BrN4O2. The summed E-state index contributed by atoms with van der Waals surface area (Å²) in [5, 5.41) is 12.8. The molecule has 0 spiro atoms. The first kappa shape index (κ1) is 11.5. The van der Waals surface area contributed by atoms with Crippen LogP contribution in [0.25, 0.3) is 0 Å². The lowest BCUT2D eigenvalue weighted by atomic mass is 10.4. The van der Waals surface area contributed by atoms with E-state index in [9.17, 15) is 4.79 Å². The van der Waals surface area contributed by atoms with Crippen molar-refractivity contribution in [3.63, 3.8) is 0 Å². The number of rotatable bonds is 1. The van der Waals surface area contributed by atoms with Crippen LogP contribution in [-0.4, -0.2) is 30.0 Å². The standard InChI is InChI=1S/C8H9BrN4O2/c1-12(8(14)15-3)7-6(9)5(4-10)13(2)11-7/h1-3H3. The van der Waals surface area contributed by atoms with Gasteiger partial charge in [-0.25, -0.2) is 4.79 Å². The van der Waals surface area contributed by atoms with Crippen LogP contribution < -0.4 is 4.90 Å². The molecule has 0 saturated heterocycles. The Kier molecular flexibility index (Phi) is 3.31. The van der Waals surface area contributed by atoms with Gasteiger partial charge in [0.2, 0.25) is 0 Å². The van der Waals surface area contributed by atoms with Crippen molar-refractivity contribution in [1.82, 2.24) is 9.78 Å². The van der Waals surface area contributed by atoms with E-state index in [4.69, 9.17) is 5.26 Å². The van der Waals surface area contributed by atoms with Gasteiger partial charge in [0.25, 0.3) is 0 Å². The van der Waals surface area contributed by atoms with E-state index in [1.807, 2.05) is 6.07 Å². The zero-order chi connectivity index (χ0) is 11.6. The van der Waals surface area contributed by atoms with Crippen LogP contribution in [0.2, 0.25) is 0 Å². The molecule has 0 aliphatic rings. The zero-order valence-electron chi connectivity index (χ0n) is 8.48. The number of ether oxygens (including phenoxy) is 1. The maximum absolute atomic E-state index is 11.2. The number of aromatic nitrogens is 2. The molecule has 0 N–H and O–H groups in total. The molecule has 0 fully saturated rings. The fourth-order valence-corrected chi connectivity index (χ4v) is 1.73. The summed E-state index contributed by atoms with van der Waals surface area (Å²) >= 11 is 3.21. The van der Waals surface area contributed by atoms with Crippen LogP contribution in [0.4, 0.5) is 10.6 Å². The van der Waals surface area contributed by atoms with Crippen LogP contribution in [0.3, 0.4) is 0 Å². The number of nitriles is 1. The molecule has 0 aromatic carbocycles. The quantitative estimate of drug-likeness (QED) is 0.772. The predicted octanol–water partition coefficient (Wildman–Crippen LogP) is 1.26. The number of aryl methyl sites for hydroxylation is 1. The van der Waals surface area contributed by atoms with Crippen LogP contribution in [-0.2, 0) is 11.8 Å². The number of amides is 1. The maximum atomic E-state index is 11.2. The van der Waals surface area contributed by atoms with E-state index in [0.717, 1.165) is 0 Å². The van der Waals surface area contributed by atoms with Crippen LogP contribution in [0.5, 0.6) is 0 Å². The van der Waals surface area contributed by atoms with Crippen molar-refractivity contribution < 1.29 is 9.53 Å². The number of carbonyl (C=O) groups excluding carboxylic acids is 1. The van der Waals surface area contributed by atoms with E-state index < -0.39 is 6.09 Å². The molecule has 15 heavy (non-hydrogen) atoms. The van der Waals surface area contributed by atoms with Gasteiger partial charge in [-0.15, -0.1) is 0 Å². The van der Waals surface area contributed by atoms with Crippen molar-refractivity contribution in [1.29, 1.82) is 5.26 Å². The third-order valence-corrected chi connectivity index (χ3v) is 2.57. The highest BCUT2D eigenvalue weighted by Gasteiger charge is 2.21. The lowest BCUT2D eigenvalue weighted by molar-refractivity contribution is 0.180. The summed E-state index contributed by atoms with van der Waals surface area (Å²) in [6.07, 6.45) is -0.543. The van der Waals surface area contributed by atoms with Crippen molar-refractivity contribution in [2.75, 3.05) is 19.1 Å². The Labute approximate surface area is 95.2 Å². The van der Waals surface area contributed by atoms with Gasteiger partial charge in [0.1, 0.15) is 6.07 Å². The minimum atomic E-state index is -0.543. The Morgan fingerprint density at radius 3 is 2.73 bits per heavy atom. The Balaban J connectivity index is 3.17. The number of nitrogens with zero attached hydrogens (tertiary/aromatic N) is 4. The molecule has 6 nitrogen and oxygen atoms in total. The molecule has 0 atom stereocenters. The van der Waals surface area contributed by atoms with E-state index in [0.29, 0.717) is 16.0 Å². The number of hydrogen-bond acceptors (Lipinski definition) is 4. The Bertz CT molecular complexity index is 435. The monoisotopic (exact) mass is 272 g/mol. The third kappa shape index (κ3) is 1.94. The van der Waals surface area contributed by atoms with Crippen LogP contribution >= 0.6 is 15.9 Å². The normalized spacial score (nSPS) is 9.53. The summed E-state index contributed by atoms with van der Waals surface area (Å²) in [6, 6.07) is 1.97.